The highest BCUT2D eigenvalue weighted by atomic mass is 35.5. The third-order valence-corrected chi connectivity index (χ3v) is 2.01. The summed E-state index contributed by atoms with van der Waals surface area (Å²) in [6.07, 6.45) is 1.73. The van der Waals surface area contributed by atoms with Crippen LogP contribution in [0.5, 0.6) is 0 Å². The van der Waals surface area contributed by atoms with Crippen LogP contribution in [0.1, 0.15) is 23.2 Å². The molecule has 0 aliphatic carbocycles. The van der Waals surface area contributed by atoms with Gasteiger partial charge in [-0.15, -0.1) is 0 Å². The molecule has 0 radical (unpaired) electrons. The molecular formula is C9H10ClNO4. The van der Waals surface area contributed by atoms with Crippen molar-refractivity contribution in [3.63, 3.8) is 0 Å². The van der Waals surface area contributed by atoms with Crippen LogP contribution in [0.4, 0.5) is 0 Å². The number of furan rings is 1. The summed E-state index contributed by atoms with van der Waals surface area (Å²) in [5.74, 6) is -1.25. The van der Waals surface area contributed by atoms with E-state index in [4.69, 9.17) is 21.1 Å². The number of halogens is 1. The van der Waals surface area contributed by atoms with Crippen molar-refractivity contribution in [3.05, 3.63) is 23.1 Å². The van der Waals surface area contributed by atoms with E-state index in [1.54, 1.807) is 0 Å². The van der Waals surface area contributed by atoms with Crippen molar-refractivity contribution in [2.75, 3.05) is 6.54 Å². The van der Waals surface area contributed by atoms with Gasteiger partial charge in [0.05, 0.1) is 11.8 Å². The molecule has 0 atom stereocenters. The maximum absolute atomic E-state index is 11.4. The lowest BCUT2D eigenvalue weighted by Crippen LogP contribution is -2.24. The minimum atomic E-state index is -0.884. The van der Waals surface area contributed by atoms with E-state index in [-0.39, 0.29) is 23.1 Å². The molecular weight excluding hydrogens is 222 g/mol. The van der Waals surface area contributed by atoms with Gasteiger partial charge in [-0.3, -0.25) is 9.59 Å². The second-order valence-corrected chi connectivity index (χ2v) is 3.20. The fourth-order valence-electron chi connectivity index (χ4n) is 0.993. The van der Waals surface area contributed by atoms with Crippen LogP contribution in [-0.4, -0.2) is 23.5 Å². The SMILES string of the molecule is O=C(O)CCCNC(=O)c1ccoc1Cl. The predicted octanol–water partition coefficient (Wildman–Crippen LogP) is 1.53. The van der Waals surface area contributed by atoms with Crippen LogP contribution < -0.4 is 5.32 Å². The number of amides is 1. The zero-order valence-electron chi connectivity index (χ0n) is 7.83. The van der Waals surface area contributed by atoms with E-state index in [0.717, 1.165) is 0 Å². The highest BCUT2D eigenvalue weighted by Gasteiger charge is 2.11. The van der Waals surface area contributed by atoms with Gasteiger partial charge in [-0.2, -0.15) is 0 Å². The van der Waals surface area contributed by atoms with Gasteiger partial charge in [0.1, 0.15) is 0 Å². The van der Waals surface area contributed by atoms with E-state index in [1.165, 1.54) is 12.3 Å². The molecule has 1 amide bonds. The van der Waals surface area contributed by atoms with Crippen LogP contribution in [0.25, 0.3) is 0 Å². The summed E-state index contributed by atoms with van der Waals surface area (Å²) in [5, 5.41) is 10.9. The highest BCUT2D eigenvalue weighted by Crippen LogP contribution is 2.15. The van der Waals surface area contributed by atoms with Gasteiger partial charge in [0, 0.05) is 13.0 Å². The number of carbonyl (C=O) groups is 2. The van der Waals surface area contributed by atoms with Crippen molar-refractivity contribution in [2.45, 2.75) is 12.8 Å². The first kappa shape index (κ1) is 11.6. The second-order valence-electron chi connectivity index (χ2n) is 2.86. The molecule has 5 nitrogen and oxygen atoms in total. The highest BCUT2D eigenvalue weighted by molar-refractivity contribution is 6.32. The molecule has 0 unspecified atom stereocenters. The van der Waals surface area contributed by atoms with Crippen LogP contribution in [-0.2, 0) is 4.79 Å². The Kier molecular flexibility index (Phi) is 4.17. The number of carbonyl (C=O) groups excluding carboxylic acids is 1. The number of carboxylic acids is 1. The Morgan fingerprint density at radius 1 is 1.53 bits per heavy atom. The van der Waals surface area contributed by atoms with Crippen LogP contribution in [0.15, 0.2) is 16.7 Å². The van der Waals surface area contributed by atoms with Gasteiger partial charge >= 0.3 is 5.97 Å². The first-order valence-electron chi connectivity index (χ1n) is 4.34. The lowest BCUT2D eigenvalue weighted by Gasteiger charge is -2.01. The minimum Gasteiger partial charge on any atom is -0.481 e. The molecule has 82 valence electrons. The van der Waals surface area contributed by atoms with Gasteiger partial charge in [0.25, 0.3) is 5.91 Å². The molecule has 2 N–H and O–H groups in total. The topological polar surface area (TPSA) is 79.5 Å². The third-order valence-electron chi connectivity index (χ3n) is 1.72. The minimum absolute atomic E-state index is 0.0272. The van der Waals surface area contributed by atoms with Crippen LogP contribution >= 0.6 is 11.6 Å². The van der Waals surface area contributed by atoms with E-state index in [2.05, 4.69) is 5.32 Å². The van der Waals surface area contributed by atoms with Crippen LogP contribution in [0.2, 0.25) is 5.22 Å². The first-order valence-corrected chi connectivity index (χ1v) is 4.72. The normalized spacial score (nSPS) is 9.93. The number of rotatable bonds is 5. The van der Waals surface area contributed by atoms with E-state index in [1.807, 2.05) is 0 Å². The molecule has 0 saturated carbocycles. The molecule has 0 saturated heterocycles. The fourth-order valence-corrected chi connectivity index (χ4v) is 1.19. The Hall–Kier alpha value is -1.49. The van der Waals surface area contributed by atoms with Crippen LogP contribution in [0.3, 0.4) is 0 Å². The van der Waals surface area contributed by atoms with E-state index in [9.17, 15) is 9.59 Å². The zero-order chi connectivity index (χ0) is 11.3. The van der Waals surface area contributed by atoms with Crippen molar-refractivity contribution in [1.82, 2.24) is 5.32 Å². The average Bonchev–Trinajstić information content (AvgIpc) is 2.58. The Morgan fingerprint density at radius 2 is 2.27 bits per heavy atom. The number of carboxylic acid groups (broad SMARTS) is 1. The van der Waals surface area contributed by atoms with Crippen LogP contribution in [0, 0.1) is 0 Å². The molecule has 1 rings (SSSR count). The second kappa shape index (κ2) is 5.41. The maximum Gasteiger partial charge on any atom is 0.303 e. The predicted molar refractivity (Wildman–Crippen MR) is 52.9 cm³/mol. The van der Waals surface area contributed by atoms with Gasteiger partial charge in [0.15, 0.2) is 0 Å². The summed E-state index contributed by atoms with van der Waals surface area (Å²) in [5.41, 5.74) is 0.256. The Labute approximate surface area is 91.0 Å². The molecule has 1 heterocycles. The quantitative estimate of drug-likeness (QED) is 0.753. The first-order chi connectivity index (χ1) is 7.11. The summed E-state index contributed by atoms with van der Waals surface area (Å²) in [6.45, 7) is 0.298. The van der Waals surface area contributed by atoms with Crippen molar-refractivity contribution >= 4 is 23.5 Å². The summed E-state index contributed by atoms with van der Waals surface area (Å²) >= 11 is 5.58. The Bertz CT molecular complexity index is 361. The molecule has 0 aliphatic rings. The average molecular weight is 232 g/mol. The van der Waals surface area contributed by atoms with Crippen molar-refractivity contribution in [2.24, 2.45) is 0 Å². The Balaban J connectivity index is 2.31. The van der Waals surface area contributed by atoms with Crippen molar-refractivity contribution in [1.29, 1.82) is 0 Å². The lowest BCUT2D eigenvalue weighted by atomic mass is 10.3. The molecule has 6 heteroatoms. The fraction of sp³-hybridized carbons (Fsp3) is 0.333. The number of aliphatic carboxylic acids is 1. The molecule has 0 spiro atoms. The monoisotopic (exact) mass is 231 g/mol. The molecule has 0 bridgehead atoms. The molecule has 1 aromatic heterocycles. The van der Waals surface area contributed by atoms with Gasteiger partial charge in [-0.1, -0.05) is 0 Å². The molecule has 1 aromatic rings. The maximum atomic E-state index is 11.4. The standard InChI is InChI=1S/C9H10ClNO4/c10-8-6(3-5-15-8)9(14)11-4-1-2-7(12)13/h3,5H,1-2,4H2,(H,11,14)(H,12,13). The largest absolute Gasteiger partial charge is 0.481 e. The lowest BCUT2D eigenvalue weighted by molar-refractivity contribution is -0.137. The van der Waals surface area contributed by atoms with Gasteiger partial charge in [-0.05, 0) is 24.1 Å². The van der Waals surface area contributed by atoms with E-state index >= 15 is 0 Å². The summed E-state index contributed by atoms with van der Waals surface area (Å²) < 4.78 is 4.74. The summed E-state index contributed by atoms with van der Waals surface area (Å²) in [7, 11) is 0. The summed E-state index contributed by atoms with van der Waals surface area (Å²) in [6, 6.07) is 1.45. The summed E-state index contributed by atoms with van der Waals surface area (Å²) in [4.78, 5) is 21.5. The zero-order valence-corrected chi connectivity index (χ0v) is 8.58. The van der Waals surface area contributed by atoms with Gasteiger partial charge in [-0.25, -0.2) is 0 Å². The molecule has 0 aliphatic heterocycles. The van der Waals surface area contributed by atoms with Gasteiger partial charge in [0.2, 0.25) is 5.22 Å². The number of hydrogen-bond acceptors (Lipinski definition) is 3. The smallest absolute Gasteiger partial charge is 0.303 e. The van der Waals surface area contributed by atoms with Crippen molar-refractivity contribution in [3.8, 4) is 0 Å². The molecule has 15 heavy (non-hydrogen) atoms. The molecule has 0 fully saturated rings. The number of hydrogen-bond donors (Lipinski definition) is 2. The van der Waals surface area contributed by atoms with E-state index < -0.39 is 5.97 Å². The number of nitrogens with one attached hydrogen (secondary N) is 1. The Morgan fingerprint density at radius 3 is 2.80 bits per heavy atom. The third kappa shape index (κ3) is 3.63. The van der Waals surface area contributed by atoms with Gasteiger partial charge < -0.3 is 14.8 Å². The van der Waals surface area contributed by atoms with Crippen molar-refractivity contribution < 1.29 is 19.1 Å². The van der Waals surface area contributed by atoms with E-state index in [0.29, 0.717) is 13.0 Å². The molecule has 0 aromatic carbocycles.